The molecule has 0 aromatic heterocycles. The highest BCUT2D eigenvalue weighted by Crippen LogP contribution is 2.23. The zero-order chi connectivity index (χ0) is 11.3. The molecule has 1 rings (SSSR count). The number of nitrogens with one attached hydrogen (secondary N) is 2. The van der Waals surface area contributed by atoms with Crippen LogP contribution in [0.25, 0.3) is 0 Å². The van der Waals surface area contributed by atoms with Crippen molar-refractivity contribution < 1.29 is 9.59 Å². The lowest BCUT2D eigenvalue weighted by molar-refractivity contribution is -0.119. The van der Waals surface area contributed by atoms with Crippen LogP contribution in [0.1, 0.15) is 32.6 Å². The lowest BCUT2D eigenvalue weighted by atomic mass is 10.1. The Labute approximate surface area is 94.7 Å². The smallest absolute Gasteiger partial charge is 0.321 e. The second-order valence-electron chi connectivity index (χ2n) is 3.97. The summed E-state index contributed by atoms with van der Waals surface area (Å²) < 4.78 is 0. The summed E-state index contributed by atoms with van der Waals surface area (Å²) in [5.41, 5.74) is 0. The third-order valence-electron chi connectivity index (χ3n) is 2.62. The number of amides is 3. The topological polar surface area (TPSA) is 58.2 Å². The lowest BCUT2D eigenvalue weighted by Gasteiger charge is -2.11. The van der Waals surface area contributed by atoms with E-state index in [2.05, 4.69) is 10.6 Å². The summed E-state index contributed by atoms with van der Waals surface area (Å²) >= 11 is 5.51. The highest BCUT2D eigenvalue weighted by Gasteiger charge is 2.17. The maximum absolute atomic E-state index is 11.2. The van der Waals surface area contributed by atoms with Gasteiger partial charge in [0.15, 0.2) is 0 Å². The number of hydrogen-bond acceptors (Lipinski definition) is 2. The van der Waals surface area contributed by atoms with Gasteiger partial charge in [-0.1, -0.05) is 12.8 Å². The van der Waals surface area contributed by atoms with Crippen molar-refractivity contribution in [1.29, 1.82) is 0 Å². The molecule has 1 fully saturated rings. The first-order chi connectivity index (χ1) is 7.09. The molecular formula is C10H17ClN2O2. The molecule has 1 aliphatic rings. The fraction of sp³-hybridized carbons (Fsp3) is 0.800. The van der Waals surface area contributed by atoms with E-state index in [1.807, 2.05) is 0 Å². The number of hydrogen-bond donors (Lipinski definition) is 2. The van der Waals surface area contributed by atoms with E-state index in [1.165, 1.54) is 32.6 Å². The summed E-state index contributed by atoms with van der Waals surface area (Å²) in [6.45, 7) is 2.18. The molecule has 0 aromatic carbocycles. The molecule has 5 heteroatoms. The average molecular weight is 233 g/mol. The highest BCUT2D eigenvalue weighted by molar-refractivity contribution is 6.31. The van der Waals surface area contributed by atoms with E-state index in [4.69, 9.17) is 11.6 Å². The molecule has 15 heavy (non-hydrogen) atoms. The molecule has 1 unspecified atom stereocenters. The van der Waals surface area contributed by atoms with Crippen LogP contribution in [0.4, 0.5) is 4.79 Å². The minimum absolute atomic E-state index is 0.445. The van der Waals surface area contributed by atoms with Crippen LogP contribution in [0.2, 0.25) is 0 Å². The first kappa shape index (κ1) is 12.3. The van der Waals surface area contributed by atoms with Crippen LogP contribution < -0.4 is 10.6 Å². The number of carbonyl (C=O) groups is 2. The van der Waals surface area contributed by atoms with Gasteiger partial charge in [-0.2, -0.15) is 0 Å². The number of urea groups is 1. The molecule has 1 aliphatic carbocycles. The molecule has 4 nitrogen and oxygen atoms in total. The molecule has 0 radical (unpaired) electrons. The van der Waals surface area contributed by atoms with E-state index >= 15 is 0 Å². The molecule has 0 heterocycles. The molecule has 3 amide bonds. The van der Waals surface area contributed by atoms with Gasteiger partial charge in [-0.15, -0.1) is 11.6 Å². The lowest BCUT2D eigenvalue weighted by Crippen LogP contribution is -2.43. The fourth-order valence-electron chi connectivity index (χ4n) is 1.71. The molecule has 0 bridgehead atoms. The number of alkyl halides is 1. The molecule has 0 saturated heterocycles. The van der Waals surface area contributed by atoms with E-state index in [1.54, 1.807) is 0 Å². The molecule has 1 atom stereocenters. The van der Waals surface area contributed by atoms with Crippen molar-refractivity contribution in [2.45, 2.75) is 38.0 Å². The fourth-order valence-corrected chi connectivity index (χ4v) is 1.76. The normalized spacial score (nSPS) is 18.5. The van der Waals surface area contributed by atoms with Crippen molar-refractivity contribution in [3.05, 3.63) is 0 Å². The maximum atomic E-state index is 11.2. The second-order valence-corrected chi connectivity index (χ2v) is 4.62. The van der Waals surface area contributed by atoms with Crippen molar-refractivity contribution in [1.82, 2.24) is 10.6 Å². The molecule has 1 saturated carbocycles. The second kappa shape index (κ2) is 5.95. The van der Waals surface area contributed by atoms with Crippen LogP contribution in [-0.4, -0.2) is 23.9 Å². The molecule has 0 aromatic rings. The van der Waals surface area contributed by atoms with Crippen LogP contribution in [0.15, 0.2) is 0 Å². The molecule has 0 spiro atoms. The van der Waals surface area contributed by atoms with Gasteiger partial charge in [0.05, 0.1) is 0 Å². The highest BCUT2D eigenvalue weighted by atomic mass is 35.5. The largest absolute Gasteiger partial charge is 0.338 e. The average Bonchev–Trinajstić information content (AvgIpc) is 2.66. The molecule has 86 valence electrons. The summed E-state index contributed by atoms with van der Waals surface area (Å²) in [7, 11) is 0. The van der Waals surface area contributed by atoms with Crippen molar-refractivity contribution in [3.63, 3.8) is 0 Å². The SMILES string of the molecule is CC(Cl)C(=O)NC(=O)NCC1CCCC1. The number of halogens is 1. The predicted octanol–water partition coefficient (Wildman–Crippen LogP) is 1.63. The van der Waals surface area contributed by atoms with E-state index in [0.717, 1.165) is 0 Å². The van der Waals surface area contributed by atoms with Crippen LogP contribution >= 0.6 is 11.6 Å². The Kier molecular flexibility index (Phi) is 4.88. The van der Waals surface area contributed by atoms with Crippen LogP contribution in [0.5, 0.6) is 0 Å². The van der Waals surface area contributed by atoms with Crippen molar-refractivity contribution >= 4 is 23.5 Å². The maximum Gasteiger partial charge on any atom is 0.321 e. The standard InChI is InChI=1S/C10H17ClN2O2/c1-7(11)9(14)13-10(15)12-6-8-4-2-3-5-8/h7-8H,2-6H2,1H3,(H2,12,13,14,15). The number of imide groups is 1. The minimum atomic E-state index is -0.678. The minimum Gasteiger partial charge on any atom is -0.338 e. The first-order valence-electron chi connectivity index (χ1n) is 5.32. The van der Waals surface area contributed by atoms with Gasteiger partial charge in [0, 0.05) is 6.54 Å². The Morgan fingerprint density at radius 1 is 1.40 bits per heavy atom. The Balaban J connectivity index is 2.15. The summed E-state index contributed by atoms with van der Waals surface area (Å²) in [6.07, 6.45) is 4.82. The van der Waals surface area contributed by atoms with Crippen LogP contribution in [-0.2, 0) is 4.79 Å². The third-order valence-corrected chi connectivity index (χ3v) is 2.82. The van der Waals surface area contributed by atoms with Gasteiger partial charge in [0.2, 0.25) is 5.91 Å². The van der Waals surface area contributed by atoms with Gasteiger partial charge in [-0.25, -0.2) is 4.79 Å². The number of carbonyl (C=O) groups excluding carboxylic acids is 2. The molecule has 0 aliphatic heterocycles. The van der Waals surface area contributed by atoms with Crippen LogP contribution in [0, 0.1) is 5.92 Å². The third kappa shape index (κ3) is 4.51. The zero-order valence-corrected chi connectivity index (χ0v) is 9.64. The van der Waals surface area contributed by atoms with Crippen LogP contribution in [0.3, 0.4) is 0 Å². The van der Waals surface area contributed by atoms with Crippen molar-refractivity contribution in [3.8, 4) is 0 Å². The van der Waals surface area contributed by atoms with Crippen molar-refractivity contribution in [2.24, 2.45) is 5.92 Å². The summed E-state index contributed by atoms with van der Waals surface area (Å²) in [4.78, 5) is 22.3. The Morgan fingerprint density at radius 2 is 2.00 bits per heavy atom. The monoisotopic (exact) mass is 232 g/mol. The van der Waals surface area contributed by atoms with E-state index in [9.17, 15) is 9.59 Å². The molecular weight excluding hydrogens is 216 g/mol. The van der Waals surface area contributed by atoms with Gasteiger partial charge in [0.1, 0.15) is 5.38 Å². The first-order valence-corrected chi connectivity index (χ1v) is 5.76. The van der Waals surface area contributed by atoms with Gasteiger partial charge in [-0.3, -0.25) is 10.1 Å². The Morgan fingerprint density at radius 3 is 2.53 bits per heavy atom. The zero-order valence-electron chi connectivity index (χ0n) is 8.88. The van der Waals surface area contributed by atoms with E-state index in [-0.39, 0.29) is 0 Å². The van der Waals surface area contributed by atoms with E-state index in [0.29, 0.717) is 12.5 Å². The molecule has 2 N–H and O–H groups in total. The predicted molar refractivity (Wildman–Crippen MR) is 58.8 cm³/mol. The summed E-state index contributed by atoms with van der Waals surface area (Å²) in [5.74, 6) is 0.111. The quantitative estimate of drug-likeness (QED) is 0.727. The van der Waals surface area contributed by atoms with E-state index < -0.39 is 17.3 Å². The summed E-state index contributed by atoms with van der Waals surface area (Å²) in [6, 6.07) is -0.445. The van der Waals surface area contributed by atoms with Gasteiger partial charge in [0.25, 0.3) is 0 Å². The summed E-state index contributed by atoms with van der Waals surface area (Å²) in [5, 5.41) is 4.18. The number of rotatable bonds is 3. The van der Waals surface area contributed by atoms with Crippen molar-refractivity contribution in [2.75, 3.05) is 6.54 Å². The van der Waals surface area contributed by atoms with Gasteiger partial charge in [-0.05, 0) is 25.7 Å². The Bertz CT molecular complexity index is 238. The van der Waals surface area contributed by atoms with Gasteiger partial charge >= 0.3 is 6.03 Å². The van der Waals surface area contributed by atoms with Gasteiger partial charge < -0.3 is 5.32 Å². The Hall–Kier alpha value is -0.770.